The summed E-state index contributed by atoms with van der Waals surface area (Å²) in [6, 6.07) is 5.20. The van der Waals surface area contributed by atoms with Crippen LogP contribution in [-0.2, 0) is 9.59 Å². The standard InChI is InChI=1S/C16H21Cl2N3O2/c1-10-7-11(5-6-19-10)16(23)21(2)9-15(22)20-12-3-4-13(17)14(18)8-12/h3-4,8,10-11,19H,5-7,9H2,1-2H3,(H,20,22)/t10-,11-/m0/s1. The second kappa shape index (κ2) is 7.99. The molecule has 126 valence electrons. The average Bonchev–Trinajstić information content (AvgIpc) is 2.50. The van der Waals surface area contributed by atoms with Gasteiger partial charge in [0.1, 0.15) is 0 Å². The Morgan fingerprint density at radius 2 is 2.09 bits per heavy atom. The third-order valence-electron chi connectivity index (χ3n) is 3.93. The monoisotopic (exact) mass is 357 g/mol. The minimum absolute atomic E-state index is 0.0113. The van der Waals surface area contributed by atoms with Crippen molar-refractivity contribution in [1.82, 2.24) is 10.2 Å². The van der Waals surface area contributed by atoms with E-state index in [9.17, 15) is 9.59 Å². The molecule has 23 heavy (non-hydrogen) atoms. The van der Waals surface area contributed by atoms with E-state index < -0.39 is 0 Å². The fourth-order valence-electron chi connectivity index (χ4n) is 2.74. The van der Waals surface area contributed by atoms with Crippen LogP contribution in [0.15, 0.2) is 18.2 Å². The van der Waals surface area contributed by atoms with Crippen LogP contribution in [0, 0.1) is 5.92 Å². The first kappa shape index (κ1) is 18.0. The highest BCUT2D eigenvalue weighted by Crippen LogP contribution is 2.25. The molecule has 2 N–H and O–H groups in total. The number of benzene rings is 1. The smallest absolute Gasteiger partial charge is 0.243 e. The first-order valence-corrected chi connectivity index (χ1v) is 8.35. The highest BCUT2D eigenvalue weighted by Gasteiger charge is 2.27. The maximum atomic E-state index is 12.4. The lowest BCUT2D eigenvalue weighted by atomic mass is 9.92. The van der Waals surface area contributed by atoms with Gasteiger partial charge in [0, 0.05) is 24.7 Å². The van der Waals surface area contributed by atoms with E-state index in [0.717, 1.165) is 19.4 Å². The molecule has 5 nitrogen and oxygen atoms in total. The lowest BCUT2D eigenvalue weighted by molar-refractivity contribution is -0.137. The van der Waals surface area contributed by atoms with Crippen LogP contribution >= 0.6 is 23.2 Å². The number of likely N-dealkylation sites (N-methyl/N-ethyl adjacent to an activating group) is 1. The lowest BCUT2D eigenvalue weighted by Gasteiger charge is -2.30. The van der Waals surface area contributed by atoms with Gasteiger partial charge in [0.15, 0.2) is 0 Å². The Hall–Kier alpha value is -1.30. The van der Waals surface area contributed by atoms with Crippen molar-refractivity contribution >= 4 is 40.7 Å². The van der Waals surface area contributed by atoms with E-state index in [0.29, 0.717) is 21.8 Å². The van der Waals surface area contributed by atoms with E-state index >= 15 is 0 Å². The second-order valence-corrected chi connectivity index (χ2v) is 6.76. The van der Waals surface area contributed by atoms with E-state index in [-0.39, 0.29) is 24.3 Å². The molecular formula is C16H21Cl2N3O2. The van der Waals surface area contributed by atoms with Gasteiger partial charge in [-0.15, -0.1) is 0 Å². The minimum atomic E-state index is -0.263. The molecule has 0 radical (unpaired) electrons. The Kier molecular flexibility index (Phi) is 6.27. The van der Waals surface area contributed by atoms with Gasteiger partial charge in [0.05, 0.1) is 16.6 Å². The normalized spacial score (nSPS) is 20.9. The topological polar surface area (TPSA) is 61.4 Å². The largest absolute Gasteiger partial charge is 0.336 e. The van der Waals surface area contributed by atoms with Crippen molar-refractivity contribution in [3.05, 3.63) is 28.2 Å². The Bertz CT molecular complexity index is 595. The first-order chi connectivity index (χ1) is 10.9. The van der Waals surface area contributed by atoms with Crippen molar-refractivity contribution in [2.24, 2.45) is 5.92 Å². The van der Waals surface area contributed by atoms with Crippen LogP contribution in [0.3, 0.4) is 0 Å². The molecule has 0 bridgehead atoms. The van der Waals surface area contributed by atoms with Gasteiger partial charge in [-0.25, -0.2) is 0 Å². The number of carbonyl (C=O) groups is 2. The van der Waals surface area contributed by atoms with Crippen LogP contribution in [0.1, 0.15) is 19.8 Å². The van der Waals surface area contributed by atoms with Gasteiger partial charge >= 0.3 is 0 Å². The van der Waals surface area contributed by atoms with Gasteiger partial charge in [0.2, 0.25) is 11.8 Å². The molecule has 2 atom stereocenters. The minimum Gasteiger partial charge on any atom is -0.336 e. The molecule has 1 fully saturated rings. The predicted octanol–water partition coefficient (Wildman–Crippen LogP) is 2.78. The zero-order valence-corrected chi connectivity index (χ0v) is 14.7. The summed E-state index contributed by atoms with van der Waals surface area (Å²) in [5.41, 5.74) is 0.556. The van der Waals surface area contributed by atoms with E-state index in [1.54, 1.807) is 25.2 Å². The number of carbonyl (C=O) groups excluding carboxylic acids is 2. The van der Waals surface area contributed by atoms with Crippen LogP contribution in [0.4, 0.5) is 5.69 Å². The number of nitrogens with one attached hydrogen (secondary N) is 2. The SMILES string of the molecule is C[C@H]1C[C@@H](C(=O)N(C)CC(=O)Nc2ccc(Cl)c(Cl)c2)CCN1. The maximum Gasteiger partial charge on any atom is 0.243 e. The summed E-state index contributed by atoms with van der Waals surface area (Å²) in [7, 11) is 1.66. The zero-order chi connectivity index (χ0) is 17.0. The van der Waals surface area contributed by atoms with Crippen molar-refractivity contribution in [2.45, 2.75) is 25.8 Å². The molecule has 0 unspecified atom stereocenters. The Morgan fingerprint density at radius 1 is 1.35 bits per heavy atom. The fourth-order valence-corrected chi connectivity index (χ4v) is 3.03. The summed E-state index contributed by atoms with van der Waals surface area (Å²) in [6.07, 6.45) is 1.61. The molecule has 1 aliphatic heterocycles. The fraction of sp³-hybridized carbons (Fsp3) is 0.500. The maximum absolute atomic E-state index is 12.4. The second-order valence-electron chi connectivity index (χ2n) is 5.95. The molecule has 2 rings (SSSR count). The zero-order valence-electron chi connectivity index (χ0n) is 13.2. The van der Waals surface area contributed by atoms with E-state index in [1.807, 2.05) is 0 Å². The highest BCUT2D eigenvalue weighted by molar-refractivity contribution is 6.42. The van der Waals surface area contributed by atoms with E-state index in [2.05, 4.69) is 17.6 Å². The molecule has 0 saturated carbocycles. The molecular weight excluding hydrogens is 337 g/mol. The molecule has 1 aromatic carbocycles. The number of amides is 2. The van der Waals surface area contributed by atoms with Crippen LogP contribution in [0.5, 0.6) is 0 Å². The van der Waals surface area contributed by atoms with Crippen molar-refractivity contribution in [3.8, 4) is 0 Å². The van der Waals surface area contributed by atoms with E-state index in [4.69, 9.17) is 23.2 Å². The quantitative estimate of drug-likeness (QED) is 0.870. The number of halogens is 2. The lowest BCUT2D eigenvalue weighted by Crippen LogP contribution is -2.44. The number of anilines is 1. The molecule has 1 aromatic rings. The van der Waals surface area contributed by atoms with Crippen molar-refractivity contribution < 1.29 is 9.59 Å². The number of piperidine rings is 1. The summed E-state index contributed by atoms with van der Waals surface area (Å²) in [5.74, 6) is -0.266. The average molecular weight is 358 g/mol. The number of rotatable bonds is 4. The molecule has 2 amide bonds. The van der Waals surface area contributed by atoms with Crippen LogP contribution in [0.25, 0.3) is 0 Å². The van der Waals surface area contributed by atoms with Gasteiger partial charge < -0.3 is 15.5 Å². The van der Waals surface area contributed by atoms with Crippen molar-refractivity contribution in [3.63, 3.8) is 0 Å². The highest BCUT2D eigenvalue weighted by atomic mass is 35.5. The van der Waals surface area contributed by atoms with Crippen LogP contribution in [0.2, 0.25) is 10.0 Å². The number of nitrogens with zero attached hydrogens (tertiary/aromatic N) is 1. The number of hydrogen-bond acceptors (Lipinski definition) is 3. The van der Waals surface area contributed by atoms with Gasteiger partial charge in [0.25, 0.3) is 0 Å². The molecule has 1 heterocycles. The van der Waals surface area contributed by atoms with Crippen LogP contribution < -0.4 is 10.6 Å². The summed E-state index contributed by atoms with van der Waals surface area (Å²) in [4.78, 5) is 26.0. The summed E-state index contributed by atoms with van der Waals surface area (Å²) in [5, 5.41) is 6.84. The molecule has 0 aliphatic carbocycles. The van der Waals surface area contributed by atoms with E-state index in [1.165, 1.54) is 4.90 Å². The van der Waals surface area contributed by atoms with Gasteiger partial charge in [-0.1, -0.05) is 23.2 Å². The Balaban J connectivity index is 1.88. The Labute approximate surface area is 146 Å². The molecule has 0 spiro atoms. The molecule has 7 heteroatoms. The third kappa shape index (κ3) is 5.09. The van der Waals surface area contributed by atoms with Crippen molar-refractivity contribution in [1.29, 1.82) is 0 Å². The summed E-state index contributed by atoms with van der Waals surface area (Å²) < 4.78 is 0. The van der Waals surface area contributed by atoms with Gasteiger partial charge in [-0.3, -0.25) is 9.59 Å². The Morgan fingerprint density at radius 3 is 2.74 bits per heavy atom. The number of hydrogen-bond donors (Lipinski definition) is 2. The first-order valence-electron chi connectivity index (χ1n) is 7.60. The molecule has 1 aliphatic rings. The van der Waals surface area contributed by atoms with Gasteiger partial charge in [-0.05, 0) is 44.5 Å². The summed E-state index contributed by atoms with van der Waals surface area (Å²) >= 11 is 11.8. The summed E-state index contributed by atoms with van der Waals surface area (Å²) in [6.45, 7) is 2.91. The predicted molar refractivity (Wildman–Crippen MR) is 92.9 cm³/mol. The van der Waals surface area contributed by atoms with Gasteiger partial charge in [-0.2, -0.15) is 0 Å². The third-order valence-corrected chi connectivity index (χ3v) is 4.67. The molecule has 0 aromatic heterocycles. The molecule has 1 saturated heterocycles. The van der Waals surface area contributed by atoms with Crippen molar-refractivity contribution in [2.75, 3.05) is 25.5 Å². The van der Waals surface area contributed by atoms with Crippen LogP contribution in [-0.4, -0.2) is 42.9 Å².